The minimum absolute atomic E-state index is 0.0558. The maximum Gasteiger partial charge on any atom is 0.237 e. The Hall–Kier alpha value is -1.96. The number of amides is 1. The molecule has 4 nitrogen and oxygen atoms in total. The van der Waals surface area contributed by atoms with E-state index in [4.69, 9.17) is 12.2 Å². The van der Waals surface area contributed by atoms with Crippen molar-refractivity contribution in [3.8, 4) is 5.69 Å². The molecule has 3 aromatic rings. The number of anilines is 1. The van der Waals surface area contributed by atoms with Gasteiger partial charge in [-0.05, 0) is 49.8 Å². The third-order valence-electron chi connectivity index (χ3n) is 3.56. The van der Waals surface area contributed by atoms with Crippen molar-refractivity contribution in [3.05, 3.63) is 64.1 Å². The predicted octanol–water partition coefficient (Wildman–Crippen LogP) is 5.09. The van der Waals surface area contributed by atoms with Crippen LogP contribution >= 0.6 is 35.3 Å². The SMILES string of the molecule is Cc1ccccc1-n1nc(S[C@H](C)C(=O)Nc2ccccc2)sc1=S. The standard InChI is InChI=1S/C18H17N3OS3/c1-12-8-6-7-11-15(12)21-18(23)25-17(20-21)24-13(2)16(22)19-14-9-4-3-5-10-14/h3-11,13H,1-2H3,(H,19,22)/t13-/m1/s1. The molecule has 0 unspecified atom stereocenters. The molecule has 0 aliphatic heterocycles. The number of thioether (sulfide) groups is 1. The fraction of sp³-hybridized carbons (Fsp3) is 0.167. The third-order valence-corrected chi connectivity index (χ3v) is 5.98. The van der Waals surface area contributed by atoms with Crippen LogP contribution in [0.3, 0.4) is 0 Å². The van der Waals surface area contributed by atoms with Gasteiger partial charge in [0.15, 0.2) is 8.29 Å². The van der Waals surface area contributed by atoms with E-state index in [2.05, 4.69) is 10.4 Å². The molecule has 1 atom stereocenters. The van der Waals surface area contributed by atoms with Gasteiger partial charge in [0, 0.05) is 5.69 Å². The third kappa shape index (κ3) is 4.36. The summed E-state index contributed by atoms with van der Waals surface area (Å²) in [6, 6.07) is 17.4. The smallest absolute Gasteiger partial charge is 0.237 e. The zero-order valence-corrected chi connectivity index (χ0v) is 16.3. The Bertz CT molecular complexity index is 934. The first kappa shape index (κ1) is 17.8. The van der Waals surface area contributed by atoms with Crippen molar-refractivity contribution in [2.24, 2.45) is 0 Å². The number of aryl methyl sites for hydroxylation is 1. The molecule has 128 valence electrons. The minimum Gasteiger partial charge on any atom is -0.325 e. The van der Waals surface area contributed by atoms with Crippen molar-refractivity contribution in [1.82, 2.24) is 9.78 Å². The Kier molecular flexibility index (Phi) is 5.67. The van der Waals surface area contributed by atoms with Crippen molar-refractivity contribution >= 4 is 46.9 Å². The van der Waals surface area contributed by atoms with Crippen LogP contribution in [0.2, 0.25) is 0 Å². The molecule has 7 heteroatoms. The number of aromatic nitrogens is 2. The molecule has 2 aromatic carbocycles. The van der Waals surface area contributed by atoms with E-state index in [1.165, 1.54) is 23.1 Å². The lowest BCUT2D eigenvalue weighted by atomic mass is 10.2. The number of nitrogens with zero attached hydrogens (tertiary/aromatic N) is 2. The number of carbonyl (C=O) groups is 1. The van der Waals surface area contributed by atoms with Crippen molar-refractivity contribution in [2.75, 3.05) is 5.32 Å². The van der Waals surface area contributed by atoms with E-state index in [0.717, 1.165) is 21.3 Å². The van der Waals surface area contributed by atoms with Gasteiger partial charge >= 0.3 is 0 Å². The molecule has 0 fully saturated rings. The molecule has 1 N–H and O–H groups in total. The summed E-state index contributed by atoms with van der Waals surface area (Å²) < 4.78 is 3.22. The number of para-hydroxylation sites is 2. The van der Waals surface area contributed by atoms with Crippen molar-refractivity contribution in [3.63, 3.8) is 0 Å². The van der Waals surface area contributed by atoms with Crippen LogP contribution in [0.4, 0.5) is 5.69 Å². The van der Waals surface area contributed by atoms with Gasteiger partial charge in [0.1, 0.15) is 0 Å². The van der Waals surface area contributed by atoms with Crippen LogP contribution in [0, 0.1) is 10.9 Å². The van der Waals surface area contributed by atoms with Gasteiger partial charge in [0.2, 0.25) is 5.91 Å². The molecule has 1 heterocycles. The van der Waals surface area contributed by atoms with E-state index in [1.54, 1.807) is 4.68 Å². The molecule has 0 aliphatic rings. The van der Waals surface area contributed by atoms with Crippen LogP contribution in [-0.4, -0.2) is 20.9 Å². The molecule has 0 bridgehead atoms. The summed E-state index contributed by atoms with van der Waals surface area (Å²) >= 11 is 8.28. The van der Waals surface area contributed by atoms with Crippen molar-refractivity contribution in [1.29, 1.82) is 0 Å². The summed E-state index contributed by atoms with van der Waals surface area (Å²) in [4.78, 5) is 12.3. The molecule has 25 heavy (non-hydrogen) atoms. The number of nitrogens with one attached hydrogen (secondary N) is 1. The van der Waals surface area contributed by atoms with E-state index in [0.29, 0.717) is 3.95 Å². The Morgan fingerprint density at radius 1 is 1.20 bits per heavy atom. The van der Waals surface area contributed by atoms with E-state index in [1.807, 2.05) is 68.4 Å². The Labute approximate surface area is 159 Å². The molecule has 0 saturated heterocycles. The molecule has 0 spiro atoms. The van der Waals surface area contributed by atoms with Crippen LogP contribution in [-0.2, 0) is 4.79 Å². The topological polar surface area (TPSA) is 46.9 Å². The van der Waals surface area contributed by atoms with Crippen LogP contribution in [0.5, 0.6) is 0 Å². The Morgan fingerprint density at radius 2 is 1.88 bits per heavy atom. The normalized spacial score (nSPS) is 11.9. The largest absolute Gasteiger partial charge is 0.325 e. The summed E-state index contributed by atoms with van der Waals surface area (Å²) in [7, 11) is 0. The second kappa shape index (κ2) is 7.95. The van der Waals surface area contributed by atoms with Gasteiger partial charge in [-0.15, -0.1) is 5.10 Å². The average molecular weight is 388 g/mol. The van der Waals surface area contributed by atoms with E-state index >= 15 is 0 Å². The highest BCUT2D eigenvalue weighted by Gasteiger charge is 2.18. The van der Waals surface area contributed by atoms with Gasteiger partial charge in [-0.3, -0.25) is 4.79 Å². The highest BCUT2D eigenvalue weighted by Crippen LogP contribution is 2.29. The van der Waals surface area contributed by atoms with Gasteiger partial charge in [0.05, 0.1) is 10.9 Å². The zero-order valence-electron chi connectivity index (χ0n) is 13.8. The fourth-order valence-corrected chi connectivity index (χ4v) is 4.72. The monoisotopic (exact) mass is 387 g/mol. The first-order valence-electron chi connectivity index (χ1n) is 7.73. The van der Waals surface area contributed by atoms with Crippen LogP contribution < -0.4 is 5.32 Å². The zero-order chi connectivity index (χ0) is 17.8. The summed E-state index contributed by atoms with van der Waals surface area (Å²) in [5, 5.41) is 7.22. The number of hydrogen-bond donors (Lipinski definition) is 1. The highest BCUT2D eigenvalue weighted by atomic mass is 32.2. The second-order valence-corrected chi connectivity index (χ2v) is 8.66. The lowest BCUT2D eigenvalue weighted by molar-refractivity contribution is -0.115. The molecule has 1 amide bonds. The molecular formula is C18H17N3OS3. The minimum atomic E-state index is -0.272. The summed E-state index contributed by atoms with van der Waals surface area (Å²) in [6.07, 6.45) is 0. The van der Waals surface area contributed by atoms with Crippen LogP contribution in [0.15, 0.2) is 58.9 Å². The quantitative estimate of drug-likeness (QED) is 0.489. The number of hydrogen-bond acceptors (Lipinski definition) is 5. The van der Waals surface area contributed by atoms with Gasteiger partial charge in [-0.25, -0.2) is 4.68 Å². The van der Waals surface area contributed by atoms with Crippen molar-refractivity contribution < 1.29 is 4.79 Å². The first-order chi connectivity index (χ1) is 12.0. The number of benzene rings is 2. The fourth-order valence-electron chi connectivity index (χ4n) is 2.23. The second-order valence-electron chi connectivity index (χ2n) is 5.45. The molecule has 0 radical (unpaired) electrons. The number of rotatable bonds is 5. The lowest BCUT2D eigenvalue weighted by Crippen LogP contribution is -2.22. The number of carbonyl (C=O) groups excluding carboxylic acids is 1. The highest BCUT2D eigenvalue weighted by molar-refractivity contribution is 8.02. The van der Waals surface area contributed by atoms with Crippen LogP contribution in [0.25, 0.3) is 5.69 Å². The molecule has 0 saturated carbocycles. The summed E-state index contributed by atoms with van der Waals surface area (Å²) in [5.74, 6) is -0.0558. The summed E-state index contributed by atoms with van der Waals surface area (Å²) in [6.45, 7) is 3.89. The predicted molar refractivity (Wildman–Crippen MR) is 107 cm³/mol. The maximum absolute atomic E-state index is 12.3. The first-order valence-corrected chi connectivity index (χ1v) is 9.84. The van der Waals surface area contributed by atoms with Crippen molar-refractivity contribution in [2.45, 2.75) is 23.4 Å². The maximum atomic E-state index is 12.3. The van der Waals surface area contributed by atoms with E-state index < -0.39 is 0 Å². The van der Waals surface area contributed by atoms with E-state index in [-0.39, 0.29) is 11.2 Å². The van der Waals surface area contributed by atoms with Gasteiger partial charge < -0.3 is 5.32 Å². The van der Waals surface area contributed by atoms with Gasteiger partial charge in [0.25, 0.3) is 0 Å². The summed E-state index contributed by atoms with van der Waals surface area (Å²) in [5.41, 5.74) is 2.87. The molecule has 1 aromatic heterocycles. The molecule has 3 rings (SSSR count). The average Bonchev–Trinajstić information content (AvgIpc) is 2.96. The van der Waals surface area contributed by atoms with Crippen LogP contribution in [0.1, 0.15) is 12.5 Å². The molecular weight excluding hydrogens is 370 g/mol. The molecule has 0 aliphatic carbocycles. The van der Waals surface area contributed by atoms with E-state index in [9.17, 15) is 4.79 Å². The lowest BCUT2D eigenvalue weighted by Gasteiger charge is -2.10. The Balaban J connectivity index is 1.73. The van der Waals surface area contributed by atoms with Gasteiger partial charge in [-0.1, -0.05) is 59.5 Å². The Morgan fingerprint density at radius 3 is 2.60 bits per heavy atom. The van der Waals surface area contributed by atoms with Gasteiger partial charge in [-0.2, -0.15) is 0 Å².